The van der Waals surface area contributed by atoms with Crippen molar-refractivity contribution in [2.45, 2.75) is 37.3 Å². The summed E-state index contributed by atoms with van der Waals surface area (Å²) in [4.78, 5) is 40.3. The molecule has 0 saturated heterocycles. The highest BCUT2D eigenvalue weighted by molar-refractivity contribution is 8.00. The topological polar surface area (TPSA) is 96.5 Å². The molecule has 0 saturated carbocycles. The lowest BCUT2D eigenvalue weighted by atomic mass is 10.1. The lowest BCUT2D eigenvalue weighted by molar-refractivity contribution is -0.116. The second kappa shape index (κ2) is 14.9. The van der Waals surface area contributed by atoms with Crippen molar-refractivity contribution < 1.29 is 19.1 Å². The predicted octanol–water partition coefficient (Wildman–Crippen LogP) is 7.23. The zero-order chi connectivity index (χ0) is 30.8. The fourth-order valence-electron chi connectivity index (χ4n) is 4.18. The van der Waals surface area contributed by atoms with Crippen LogP contribution in [0.25, 0.3) is 6.08 Å². The fourth-order valence-corrected chi connectivity index (χ4v) is 5.20. The van der Waals surface area contributed by atoms with Crippen molar-refractivity contribution in [1.82, 2.24) is 5.32 Å². The lowest BCUT2D eigenvalue weighted by Crippen LogP contribution is -2.30. The number of methoxy groups -OCH3 is 1. The Balaban J connectivity index is 1.50. The number of aryl methyl sites for hydroxylation is 2. The van der Waals surface area contributed by atoms with Gasteiger partial charge in [0.2, 0.25) is 5.91 Å². The Morgan fingerprint density at radius 1 is 0.814 bits per heavy atom. The number of amides is 3. The van der Waals surface area contributed by atoms with Crippen molar-refractivity contribution in [3.8, 4) is 5.75 Å². The van der Waals surface area contributed by atoms with Crippen LogP contribution in [0.15, 0.2) is 108 Å². The van der Waals surface area contributed by atoms with Crippen LogP contribution < -0.4 is 20.7 Å². The molecule has 220 valence electrons. The molecule has 4 aromatic carbocycles. The van der Waals surface area contributed by atoms with Crippen LogP contribution in [0.1, 0.15) is 40.4 Å². The molecule has 8 heteroatoms. The summed E-state index contributed by atoms with van der Waals surface area (Å²) < 4.78 is 5.23. The van der Waals surface area contributed by atoms with Gasteiger partial charge in [-0.1, -0.05) is 49.4 Å². The van der Waals surface area contributed by atoms with E-state index < -0.39 is 11.8 Å². The maximum atomic E-state index is 13.5. The van der Waals surface area contributed by atoms with Crippen molar-refractivity contribution in [2.24, 2.45) is 0 Å². The number of nitrogens with one attached hydrogen (secondary N) is 3. The molecule has 0 aliphatic carbocycles. The first-order valence-electron chi connectivity index (χ1n) is 13.9. The van der Waals surface area contributed by atoms with E-state index in [2.05, 4.69) is 16.0 Å². The van der Waals surface area contributed by atoms with E-state index >= 15 is 0 Å². The Morgan fingerprint density at radius 3 is 2.21 bits per heavy atom. The van der Waals surface area contributed by atoms with E-state index in [0.717, 1.165) is 16.1 Å². The Kier molecular flexibility index (Phi) is 10.8. The summed E-state index contributed by atoms with van der Waals surface area (Å²) in [6.45, 7) is 6.02. The quantitative estimate of drug-likeness (QED) is 0.126. The van der Waals surface area contributed by atoms with Crippen molar-refractivity contribution >= 4 is 46.9 Å². The Bertz CT molecular complexity index is 1620. The van der Waals surface area contributed by atoms with Crippen LogP contribution in [0, 0.1) is 13.8 Å². The van der Waals surface area contributed by atoms with E-state index in [9.17, 15) is 14.4 Å². The highest BCUT2D eigenvalue weighted by Crippen LogP contribution is 2.29. The van der Waals surface area contributed by atoms with Crippen LogP contribution in [0.3, 0.4) is 0 Å². The third-order valence-corrected chi connectivity index (χ3v) is 8.12. The molecule has 3 N–H and O–H groups in total. The van der Waals surface area contributed by atoms with Gasteiger partial charge in [-0.25, -0.2) is 0 Å². The van der Waals surface area contributed by atoms with Crippen LogP contribution in [0.5, 0.6) is 5.75 Å². The molecular formula is C35H35N3O4S. The number of thioether (sulfide) groups is 1. The van der Waals surface area contributed by atoms with Crippen LogP contribution in [0.2, 0.25) is 0 Å². The molecule has 4 aromatic rings. The monoisotopic (exact) mass is 593 g/mol. The number of hydrogen-bond donors (Lipinski definition) is 3. The third kappa shape index (κ3) is 8.83. The van der Waals surface area contributed by atoms with Crippen LogP contribution in [0.4, 0.5) is 11.4 Å². The molecule has 3 amide bonds. The Labute approximate surface area is 256 Å². The van der Waals surface area contributed by atoms with E-state index in [1.54, 1.807) is 67.8 Å². The summed E-state index contributed by atoms with van der Waals surface area (Å²) in [5.41, 5.74) is 4.80. The number of benzene rings is 4. The molecule has 0 bridgehead atoms. The van der Waals surface area contributed by atoms with Gasteiger partial charge in [-0.05, 0) is 97.6 Å². The predicted molar refractivity (Wildman–Crippen MR) is 174 cm³/mol. The minimum absolute atomic E-state index is 0.0799. The summed E-state index contributed by atoms with van der Waals surface area (Å²) in [5, 5.41) is 8.34. The highest BCUT2D eigenvalue weighted by atomic mass is 32.2. The molecule has 1 atom stereocenters. The van der Waals surface area contributed by atoms with Gasteiger partial charge in [0.05, 0.1) is 12.4 Å². The average molecular weight is 594 g/mol. The van der Waals surface area contributed by atoms with Gasteiger partial charge in [0.25, 0.3) is 11.8 Å². The maximum absolute atomic E-state index is 13.5. The maximum Gasteiger partial charge on any atom is 0.272 e. The highest BCUT2D eigenvalue weighted by Gasteiger charge is 2.19. The molecule has 7 nitrogen and oxygen atoms in total. The van der Waals surface area contributed by atoms with Gasteiger partial charge in [-0.15, -0.1) is 11.8 Å². The van der Waals surface area contributed by atoms with Gasteiger partial charge < -0.3 is 20.7 Å². The average Bonchev–Trinajstić information content (AvgIpc) is 3.02. The summed E-state index contributed by atoms with van der Waals surface area (Å²) in [5.74, 6) is -0.292. The molecule has 4 rings (SSSR count). The molecule has 1 unspecified atom stereocenters. The van der Waals surface area contributed by atoms with Crippen molar-refractivity contribution in [3.63, 3.8) is 0 Å². The van der Waals surface area contributed by atoms with Crippen LogP contribution in [-0.4, -0.2) is 30.1 Å². The van der Waals surface area contributed by atoms with Crippen molar-refractivity contribution in [1.29, 1.82) is 0 Å². The van der Waals surface area contributed by atoms with Gasteiger partial charge in [0, 0.05) is 21.8 Å². The van der Waals surface area contributed by atoms with E-state index in [1.807, 2.05) is 63.2 Å². The Morgan fingerprint density at radius 2 is 1.53 bits per heavy atom. The number of carbonyl (C=O) groups is 3. The van der Waals surface area contributed by atoms with Gasteiger partial charge >= 0.3 is 0 Å². The minimum atomic E-state index is -0.484. The SMILES string of the molecule is CCC(Sc1cccc(NC(=O)/C(=C\c2ccc(OC)cc2)NC(=O)c2ccccc2)c1)C(=O)Nc1ccc(C)c(C)c1. The zero-order valence-electron chi connectivity index (χ0n) is 24.6. The number of hydrogen-bond acceptors (Lipinski definition) is 5. The Hall–Kier alpha value is -4.82. The standard InChI is InChI=1S/C35H35N3O4S/c1-5-32(35(41)37-28-17-14-23(2)24(3)20-28)43-30-13-9-12-27(22-30)36-34(40)31(21-25-15-18-29(42-4)19-16-25)38-33(39)26-10-7-6-8-11-26/h6-22,32H,5H2,1-4H3,(H,36,40)(H,37,41)(H,38,39)/b31-21+. The molecule has 0 heterocycles. The molecule has 0 fully saturated rings. The van der Waals surface area contributed by atoms with E-state index in [0.29, 0.717) is 29.0 Å². The van der Waals surface area contributed by atoms with Gasteiger partial charge in [-0.3, -0.25) is 14.4 Å². The zero-order valence-corrected chi connectivity index (χ0v) is 25.5. The van der Waals surface area contributed by atoms with E-state index in [1.165, 1.54) is 17.3 Å². The largest absolute Gasteiger partial charge is 0.497 e. The first-order valence-corrected chi connectivity index (χ1v) is 14.8. The van der Waals surface area contributed by atoms with Crippen molar-refractivity contribution in [3.05, 3.63) is 125 Å². The van der Waals surface area contributed by atoms with E-state index in [4.69, 9.17) is 4.74 Å². The molecule has 0 aliphatic heterocycles. The normalized spacial score (nSPS) is 11.8. The molecule has 0 radical (unpaired) electrons. The molecule has 43 heavy (non-hydrogen) atoms. The molecule has 0 aromatic heterocycles. The molecular weight excluding hydrogens is 558 g/mol. The number of rotatable bonds is 11. The molecule has 0 aliphatic rings. The fraction of sp³-hybridized carbons (Fsp3) is 0.171. The third-order valence-electron chi connectivity index (χ3n) is 6.76. The number of anilines is 2. The summed E-state index contributed by atoms with van der Waals surface area (Å²) >= 11 is 1.43. The van der Waals surface area contributed by atoms with Gasteiger partial charge in [0.15, 0.2) is 0 Å². The summed E-state index contributed by atoms with van der Waals surface area (Å²) in [6, 6.07) is 29.0. The van der Waals surface area contributed by atoms with Gasteiger partial charge in [-0.2, -0.15) is 0 Å². The first-order chi connectivity index (χ1) is 20.7. The smallest absolute Gasteiger partial charge is 0.272 e. The van der Waals surface area contributed by atoms with Crippen molar-refractivity contribution in [2.75, 3.05) is 17.7 Å². The number of carbonyl (C=O) groups excluding carboxylic acids is 3. The second-order valence-corrected chi connectivity index (χ2v) is 11.2. The van der Waals surface area contributed by atoms with E-state index in [-0.39, 0.29) is 16.9 Å². The first kappa shape index (κ1) is 31.1. The summed E-state index contributed by atoms with van der Waals surface area (Å²) in [7, 11) is 1.58. The van der Waals surface area contributed by atoms with Crippen LogP contribution in [-0.2, 0) is 9.59 Å². The second-order valence-electron chi connectivity index (χ2n) is 9.94. The summed E-state index contributed by atoms with van der Waals surface area (Å²) in [6.07, 6.45) is 2.23. The number of ether oxygens (including phenoxy) is 1. The molecule has 0 spiro atoms. The minimum Gasteiger partial charge on any atom is -0.497 e. The van der Waals surface area contributed by atoms with Crippen LogP contribution >= 0.6 is 11.8 Å². The lowest BCUT2D eigenvalue weighted by Gasteiger charge is -2.16. The van der Waals surface area contributed by atoms with Gasteiger partial charge in [0.1, 0.15) is 11.4 Å².